The average molecular weight is 274 g/mol. The maximum Gasteiger partial charge on any atom is 0.319 e. The highest BCUT2D eigenvalue weighted by Gasteiger charge is 2.23. The fourth-order valence-electron chi connectivity index (χ4n) is 2.40. The standard InChI is InChI=1S/C15H22N4O/c1-18-8-10-19(11-9-18)14-6-4-13(5-7-14)17-15(20)16-12-2-3-12/h4-7,12H,2-3,8-11H2,1H3,(H2,16,17,20). The van der Waals surface area contributed by atoms with Crippen LogP contribution in [0.4, 0.5) is 16.2 Å². The number of likely N-dealkylation sites (N-methyl/N-ethyl adjacent to an activating group) is 1. The number of nitrogens with zero attached hydrogens (tertiary/aromatic N) is 2. The molecule has 5 nitrogen and oxygen atoms in total. The van der Waals surface area contributed by atoms with Gasteiger partial charge in [0.05, 0.1) is 0 Å². The number of amides is 2. The highest BCUT2D eigenvalue weighted by Crippen LogP contribution is 2.21. The number of hydrogen-bond donors (Lipinski definition) is 2. The third kappa shape index (κ3) is 3.42. The zero-order valence-electron chi connectivity index (χ0n) is 11.9. The van der Waals surface area contributed by atoms with E-state index >= 15 is 0 Å². The van der Waals surface area contributed by atoms with Crippen molar-refractivity contribution in [3.8, 4) is 0 Å². The van der Waals surface area contributed by atoms with Gasteiger partial charge in [0.2, 0.25) is 0 Å². The molecular weight excluding hydrogens is 252 g/mol. The van der Waals surface area contributed by atoms with Crippen molar-refractivity contribution >= 4 is 17.4 Å². The van der Waals surface area contributed by atoms with Crippen LogP contribution < -0.4 is 15.5 Å². The van der Waals surface area contributed by atoms with Gasteiger partial charge in [0, 0.05) is 43.6 Å². The quantitative estimate of drug-likeness (QED) is 0.882. The van der Waals surface area contributed by atoms with Crippen molar-refractivity contribution in [2.24, 2.45) is 0 Å². The SMILES string of the molecule is CN1CCN(c2ccc(NC(=O)NC3CC3)cc2)CC1. The molecule has 1 saturated carbocycles. The number of benzene rings is 1. The van der Waals surface area contributed by atoms with E-state index in [-0.39, 0.29) is 6.03 Å². The number of anilines is 2. The summed E-state index contributed by atoms with van der Waals surface area (Å²) in [6, 6.07) is 8.40. The van der Waals surface area contributed by atoms with E-state index in [1.54, 1.807) is 0 Å². The van der Waals surface area contributed by atoms with Gasteiger partial charge in [-0.25, -0.2) is 4.79 Å². The predicted molar refractivity (Wildman–Crippen MR) is 81.3 cm³/mol. The molecule has 1 aromatic carbocycles. The van der Waals surface area contributed by atoms with Crippen LogP contribution in [-0.4, -0.2) is 50.2 Å². The summed E-state index contributed by atoms with van der Waals surface area (Å²) in [5, 5.41) is 5.79. The van der Waals surface area contributed by atoms with Gasteiger partial charge in [0.1, 0.15) is 0 Å². The van der Waals surface area contributed by atoms with Gasteiger partial charge >= 0.3 is 6.03 Å². The van der Waals surface area contributed by atoms with Crippen molar-refractivity contribution in [1.29, 1.82) is 0 Å². The van der Waals surface area contributed by atoms with E-state index in [0.29, 0.717) is 6.04 Å². The number of urea groups is 1. The van der Waals surface area contributed by atoms with Gasteiger partial charge < -0.3 is 20.4 Å². The van der Waals surface area contributed by atoms with Crippen LogP contribution in [0.3, 0.4) is 0 Å². The Hall–Kier alpha value is -1.75. The molecule has 2 amide bonds. The number of rotatable bonds is 3. The first-order valence-electron chi connectivity index (χ1n) is 7.32. The first kappa shape index (κ1) is 13.2. The van der Waals surface area contributed by atoms with Crippen LogP contribution in [0, 0.1) is 0 Å². The van der Waals surface area contributed by atoms with Gasteiger partial charge in [0.15, 0.2) is 0 Å². The first-order chi connectivity index (χ1) is 9.70. The van der Waals surface area contributed by atoms with Crippen LogP contribution in [0.15, 0.2) is 24.3 Å². The highest BCUT2D eigenvalue weighted by molar-refractivity contribution is 5.89. The Bertz CT molecular complexity index is 461. The van der Waals surface area contributed by atoms with Gasteiger partial charge in [0.25, 0.3) is 0 Å². The number of carbonyl (C=O) groups excluding carboxylic acids is 1. The van der Waals surface area contributed by atoms with Crippen LogP contribution >= 0.6 is 0 Å². The largest absolute Gasteiger partial charge is 0.369 e. The summed E-state index contributed by atoms with van der Waals surface area (Å²) in [5.41, 5.74) is 2.08. The third-order valence-corrected chi connectivity index (χ3v) is 3.91. The molecule has 2 aliphatic rings. The van der Waals surface area contributed by atoms with Gasteiger partial charge in [-0.2, -0.15) is 0 Å². The summed E-state index contributed by atoms with van der Waals surface area (Å²) in [6.07, 6.45) is 2.21. The van der Waals surface area contributed by atoms with E-state index in [0.717, 1.165) is 44.7 Å². The molecule has 2 fully saturated rings. The molecule has 0 aromatic heterocycles. The molecule has 0 unspecified atom stereocenters. The Morgan fingerprint density at radius 1 is 1.10 bits per heavy atom. The predicted octanol–water partition coefficient (Wildman–Crippen LogP) is 1.72. The lowest BCUT2D eigenvalue weighted by molar-refractivity contribution is 0.251. The Morgan fingerprint density at radius 2 is 1.75 bits per heavy atom. The lowest BCUT2D eigenvalue weighted by Gasteiger charge is -2.34. The number of carbonyl (C=O) groups is 1. The smallest absolute Gasteiger partial charge is 0.319 e. The molecule has 0 atom stereocenters. The maximum absolute atomic E-state index is 11.6. The first-order valence-corrected chi connectivity index (χ1v) is 7.32. The van der Waals surface area contributed by atoms with E-state index in [1.165, 1.54) is 5.69 Å². The molecule has 20 heavy (non-hydrogen) atoms. The van der Waals surface area contributed by atoms with E-state index in [2.05, 4.69) is 39.6 Å². The molecule has 1 aromatic rings. The van der Waals surface area contributed by atoms with Crippen molar-refractivity contribution in [2.75, 3.05) is 43.4 Å². The molecule has 0 spiro atoms. The summed E-state index contributed by atoms with van der Waals surface area (Å²) >= 11 is 0. The van der Waals surface area contributed by atoms with Gasteiger partial charge in [-0.15, -0.1) is 0 Å². The van der Waals surface area contributed by atoms with Gasteiger partial charge in [-0.3, -0.25) is 0 Å². The van der Waals surface area contributed by atoms with E-state index in [4.69, 9.17) is 0 Å². The van der Waals surface area contributed by atoms with Crippen molar-refractivity contribution in [3.63, 3.8) is 0 Å². The van der Waals surface area contributed by atoms with Crippen LogP contribution in [-0.2, 0) is 0 Å². The average Bonchev–Trinajstić information content (AvgIpc) is 3.24. The Kier molecular flexibility index (Phi) is 3.78. The second-order valence-corrected chi connectivity index (χ2v) is 5.71. The molecule has 1 aliphatic heterocycles. The molecule has 3 rings (SSSR count). The fraction of sp³-hybridized carbons (Fsp3) is 0.533. The zero-order valence-corrected chi connectivity index (χ0v) is 11.9. The third-order valence-electron chi connectivity index (χ3n) is 3.91. The lowest BCUT2D eigenvalue weighted by atomic mass is 10.2. The number of piperazine rings is 1. The van der Waals surface area contributed by atoms with Crippen molar-refractivity contribution < 1.29 is 4.79 Å². The molecule has 1 saturated heterocycles. The Morgan fingerprint density at radius 3 is 2.35 bits per heavy atom. The van der Waals surface area contributed by atoms with Crippen LogP contribution in [0.5, 0.6) is 0 Å². The van der Waals surface area contributed by atoms with E-state index in [1.807, 2.05) is 12.1 Å². The normalized spacial score (nSPS) is 19.8. The summed E-state index contributed by atoms with van der Waals surface area (Å²) in [6.45, 7) is 4.32. The number of nitrogens with one attached hydrogen (secondary N) is 2. The number of hydrogen-bond acceptors (Lipinski definition) is 3. The molecular formula is C15H22N4O. The lowest BCUT2D eigenvalue weighted by Crippen LogP contribution is -2.44. The maximum atomic E-state index is 11.6. The Balaban J connectivity index is 1.55. The van der Waals surface area contributed by atoms with Crippen molar-refractivity contribution in [2.45, 2.75) is 18.9 Å². The monoisotopic (exact) mass is 274 g/mol. The summed E-state index contributed by atoms with van der Waals surface area (Å²) in [7, 11) is 2.16. The fourth-order valence-corrected chi connectivity index (χ4v) is 2.40. The minimum Gasteiger partial charge on any atom is -0.369 e. The van der Waals surface area contributed by atoms with E-state index in [9.17, 15) is 4.79 Å². The second-order valence-electron chi connectivity index (χ2n) is 5.71. The zero-order chi connectivity index (χ0) is 13.9. The van der Waals surface area contributed by atoms with E-state index < -0.39 is 0 Å². The van der Waals surface area contributed by atoms with Gasteiger partial charge in [-0.05, 0) is 44.2 Å². The van der Waals surface area contributed by atoms with Crippen LogP contribution in [0.25, 0.3) is 0 Å². The molecule has 1 heterocycles. The summed E-state index contributed by atoms with van der Waals surface area (Å²) < 4.78 is 0. The second kappa shape index (κ2) is 5.71. The Labute approximate surface area is 119 Å². The molecule has 5 heteroatoms. The highest BCUT2D eigenvalue weighted by atomic mass is 16.2. The minimum absolute atomic E-state index is 0.0974. The van der Waals surface area contributed by atoms with Crippen LogP contribution in [0.1, 0.15) is 12.8 Å². The molecule has 0 radical (unpaired) electrons. The summed E-state index contributed by atoms with van der Waals surface area (Å²) in [5.74, 6) is 0. The minimum atomic E-state index is -0.0974. The van der Waals surface area contributed by atoms with Crippen molar-refractivity contribution in [3.05, 3.63) is 24.3 Å². The van der Waals surface area contributed by atoms with Crippen molar-refractivity contribution in [1.82, 2.24) is 10.2 Å². The molecule has 2 N–H and O–H groups in total. The molecule has 1 aliphatic carbocycles. The topological polar surface area (TPSA) is 47.6 Å². The molecule has 108 valence electrons. The molecule has 0 bridgehead atoms. The van der Waals surface area contributed by atoms with Gasteiger partial charge in [-0.1, -0.05) is 0 Å². The summed E-state index contributed by atoms with van der Waals surface area (Å²) in [4.78, 5) is 16.4. The van der Waals surface area contributed by atoms with Crippen LogP contribution in [0.2, 0.25) is 0 Å².